The maximum atomic E-state index is 5.78. The molecular weight excluding hydrogens is 200 g/mol. The van der Waals surface area contributed by atoms with E-state index in [1.807, 2.05) is 12.1 Å². The highest BCUT2D eigenvalue weighted by Gasteiger charge is 2.03. The first-order valence-corrected chi connectivity index (χ1v) is 5.60. The van der Waals surface area contributed by atoms with Gasteiger partial charge < -0.3 is 14.5 Å². The minimum Gasteiger partial charge on any atom is -0.492 e. The molecule has 3 heteroatoms. The number of rotatable bonds is 6. The Labute approximate surface area is 98.6 Å². The quantitative estimate of drug-likeness (QED) is 0.728. The molecule has 0 heterocycles. The van der Waals surface area contributed by atoms with E-state index in [4.69, 9.17) is 4.74 Å². The number of hydrogen-bond acceptors (Lipinski definition) is 3. The van der Waals surface area contributed by atoms with Crippen LogP contribution in [-0.2, 0) is 6.54 Å². The second-order valence-electron chi connectivity index (χ2n) is 4.50. The van der Waals surface area contributed by atoms with Gasteiger partial charge >= 0.3 is 0 Å². The van der Waals surface area contributed by atoms with Crippen LogP contribution in [0.25, 0.3) is 0 Å². The SMILES string of the molecule is CN(C)CCOc1ccccc1CN(C)C. The first-order valence-electron chi connectivity index (χ1n) is 5.60. The predicted molar refractivity (Wildman–Crippen MR) is 67.9 cm³/mol. The van der Waals surface area contributed by atoms with Gasteiger partial charge in [0.1, 0.15) is 12.4 Å². The molecule has 0 saturated carbocycles. The van der Waals surface area contributed by atoms with Crippen molar-refractivity contribution < 1.29 is 4.74 Å². The zero-order chi connectivity index (χ0) is 12.0. The van der Waals surface area contributed by atoms with E-state index in [0.29, 0.717) is 0 Å². The molecule has 0 radical (unpaired) electrons. The van der Waals surface area contributed by atoms with E-state index in [1.165, 1.54) is 5.56 Å². The van der Waals surface area contributed by atoms with Crippen molar-refractivity contribution in [3.8, 4) is 5.75 Å². The van der Waals surface area contributed by atoms with Crippen LogP contribution in [0.1, 0.15) is 5.56 Å². The summed E-state index contributed by atoms with van der Waals surface area (Å²) in [5, 5.41) is 0. The molecule has 0 atom stereocenters. The number of ether oxygens (including phenoxy) is 1. The fourth-order valence-electron chi connectivity index (χ4n) is 1.45. The summed E-state index contributed by atoms with van der Waals surface area (Å²) >= 11 is 0. The molecule has 0 aliphatic heterocycles. The Morgan fingerprint density at radius 1 is 1.00 bits per heavy atom. The molecule has 0 unspecified atom stereocenters. The van der Waals surface area contributed by atoms with Crippen molar-refractivity contribution in [2.75, 3.05) is 41.3 Å². The summed E-state index contributed by atoms with van der Waals surface area (Å²) in [4.78, 5) is 4.27. The maximum Gasteiger partial charge on any atom is 0.123 e. The fourth-order valence-corrected chi connectivity index (χ4v) is 1.45. The number of benzene rings is 1. The van der Waals surface area contributed by atoms with E-state index < -0.39 is 0 Å². The van der Waals surface area contributed by atoms with Crippen LogP contribution in [0.15, 0.2) is 24.3 Å². The highest BCUT2D eigenvalue weighted by atomic mass is 16.5. The molecule has 16 heavy (non-hydrogen) atoms. The third kappa shape index (κ3) is 4.64. The lowest BCUT2D eigenvalue weighted by Gasteiger charge is -2.16. The topological polar surface area (TPSA) is 15.7 Å². The van der Waals surface area contributed by atoms with Crippen LogP contribution in [0, 0.1) is 0 Å². The Morgan fingerprint density at radius 2 is 1.69 bits per heavy atom. The number of likely N-dealkylation sites (N-methyl/N-ethyl adjacent to an activating group) is 1. The Hall–Kier alpha value is -1.06. The van der Waals surface area contributed by atoms with Gasteiger partial charge in [-0.3, -0.25) is 0 Å². The van der Waals surface area contributed by atoms with Crippen LogP contribution in [0.5, 0.6) is 5.75 Å². The van der Waals surface area contributed by atoms with Gasteiger partial charge in [0.15, 0.2) is 0 Å². The average Bonchev–Trinajstić information content (AvgIpc) is 2.19. The molecule has 0 N–H and O–H groups in total. The zero-order valence-electron chi connectivity index (χ0n) is 10.7. The number of para-hydroxylation sites is 1. The first kappa shape index (κ1) is 13.0. The van der Waals surface area contributed by atoms with Crippen LogP contribution >= 0.6 is 0 Å². The number of hydrogen-bond donors (Lipinski definition) is 0. The van der Waals surface area contributed by atoms with Gasteiger partial charge in [-0.25, -0.2) is 0 Å². The molecule has 0 aliphatic carbocycles. The molecule has 0 saturated heterocycles. The Balaban J connectivity index is 2.56. The van der Waals surface area contributed by atoms with Crippen LogP contribution < -0.4 is 4.74 Å². The third-order valence-electron chi connectivity index (χ3n) is 2.26. The standard InChI is InChI=1S/C13H22N2O/c1-14(2)9-10-16-13-8-6-5-7-12(13)11-15(3)4/h5-8H,9-11H2,1-4H3. The van der Waals surface area contributed by atoms with Crippen molar-refractivity contribution in [3.63, 3.8) is 0 Å². The zero-order valence-corrected chi connectivity index (χ0v) is 10.7. The molecule has 1 aromatic carbocycles. The highest BCUT2D eigenvalue weighted by molar-refractivity contribution is 5.33. The Bertz CT molecular complexity index is 311. The second kappa shape index (κ2) is 6.51. The van der Waals surface area contributed by atoms with Gasteiger partial charge in [-0.15, -0.1) is 0 Å². The fraction of sp³-hybridized carbons (Fsp3) is 0.538. The van der Waals surface area contributed by atoms with Gasteiger partial charge in [0.2, 0.25) is 0 Å². The Morgan fingerprint density at radius 3 is 2.31 bits per heavy atom. The Kier molecular flexibility index (Phi) is 5.29. The summed E-state index contributed by atoms with van der Waals surface area (Å²) in [5.74, 6) is 0.998. The number of nitrogens with zero attached hydrogens (tertiary/aromatic N) is 2. The van der Waals surface area contributed by atoms with E-state index in [0.717, 1.165) is 25.4 Å². The summed E-state index contributed by atoms with van der Waals surface area (Å²) in [5.41, 5.74) is 1.24. The predicted octanol–water partition coefficient (Wildman–Crippen LogP) is 1.69. The van der Waals surface area contributed by atoms with Crippen molar-refractivity contribution in [1.82, 2.24) is 9.80 Å². The van der Waals surface area contributed by atoms with Gasteiger partial charge in [0, 0.05) is 18.7 Å². The molecule has 90 valence electrons. The summed E-state index contributed by atoms with van der Waals surface area (Å²) in [7, 11) is 8.23. The molecule has 0 fully saturated rings. The van der Waals surface area contributed by atoms with Crippen LogP contribution in [-0.4, -0.2) is 51.1 Å². The maximum absolute atomic E-state index is 5.78. The highest BCUT2D eigenvalue weighted by Crippen LogP contribution is 2.18. The van der Waals surface area contributed by atoms with E-state index >= 15 is 0 Å². The van der Waals surface area contributed by atoms with E-state index in [2.05, 4.69) is 50.1 Å². The molecular formula is C13H22N2O. The largest absolute Gasteiger partial charge is 0.492 e. The van der Waals surface area contributed by atoms with Gasteiger partial charge in [-0.05, 0) is 34.3 Å². The third-order valence-corrected chi connectivity index (χ3v) is 2.26. The van der Waals surface area contributed by atoms with Crippen molar-refractivity contribution >= 4 is 0 Å². The van der Waals surface area contributed by atoms with Gasteiger partial charge in [0.25, 0.3) is 0 Å². The van der Waals surface area contributed by atoms with Crippen LogP contribution in [0.3, 0.4) is 0 Å². The van der Waals surface area contributed by atoms with Crippen molar-refractivity contribution in [2.45, 2.75) is 6.54 Å². The monoisotopic (exact) mass is 222 g/mol. The first-order chi connectivity index (χ1) is 7.59. The normalized spacial score (nSPS) is 11.1. The van der Waals surface area contributed by atoms with Gasteiger partial charge in [-0.2, -0.15) is 0 Å². The molecule has 1 rings (SSSR count). The lowest BCUT2D eigenvalue weighted by Crippen LogP contribution is -2.20. The lowest BCUT2D eigenvalue weighted by atomic mass is 10.2. The van der Waals surface area contributed by atoms with Crippen molar-refractivity contribution in [2.24, 2.45) is 0 Å². The van der Waals surface area contributed by atoms with Crippen molar-refractivity contribution in [3.05, 3.63) is 29.8 Å². The summed E-state index contributed by atoms with van der Waals surface area (Å²) in [6.07, 6.45) is 0. The molecule has 0 aliphatic rings. The lowest BCUT2D eigenvalue weighted by molar-refractivity contribution is 0.256. The minimum absolute atomic E-state index is 0.734. The van der Waals surface area contributed by atoms with Gasteiger partial charge in [-0.1, -0.05) is 18.2 Å². The smallest absolute Gasteiger partial charge is 0.123 e. The average molecular weight is 222 g/mol. The summed E-state index contributed by atoms with van der Waals surface area (Å²) in [6, 6.07) is 8.22. The molecule has 0 amide bonds. The summed E-state index contributed by atoms with van der Waals surface area (Å²) in [6.45, 7) is 2.59. The molecule has 0 aromatic heterocycles. The molecule has 0 spiro atoms. The van der Waals surface area contributed by atoms with Gasteiger partial charge in [0.05, 0.1) is 0 Å². The van der Waals surface area contributed by atoms with Crippen molar-refractivity contribution in [1.29, 1.82) is 0 Å². The minimum atomic E-state index is 0.734. The molecule has 1 aromatic rings. The van der Waals surface area contributed by atoms with E-state index in [-0.39, 0.29) is 0 Å². The van der Waals surface area contributed by atoms with Crippen LogP contribution in [0.2, 0.25) is 0 Å². The summed E-state index contributed by atoms with van der Waals surface area (Å²) < 4.78 is 5.78. The van der Waals surface area contributed by atoms with E-state index in [9.17, 15) is 0 Å². The second-order valence-corrected chi connectivity index (χ2v) is 4.50. The van der Waals surface area contributed by atoms with Crippen LogP contribution in [0.4, 0.5) is 0 Å². The molecule has 3 nitrogen and oxygen atoms in total. The molecule has 0 bridgehead atoms. The van der Waals surface area contributed by atoms with E-state index in [1.54, 1.807) is 0 Å².